The van der Waals surface area contributed by atoms with Crippen LogP contribution < -0.4 is 25.1 Å². The third-order valence-corrected chi connectivity index (χ3v) is 5.50. The number of hydrazone groups is 1. The molecular formula is C18H20N4O3S2. The van der Waals surface area contributed by atoms with Crippen molar-refractivity contribution in [1.29, 1.82) is 0 Å². The van der Waals surface area contributed by atoms with E-state index in [1.54, 1.807) is 17.6 Å². The number of hydrogen-bond acceptors (Lipinski definition) is 7. The molecule has 0 spiro atoms. The molecule has 1 aromatic heterocycles. The average Bonchev–Trinajstić information content (AvgIpc) is 3.36. The topological polar surface area (TPSA) is 67.3 Å². The van der Waals surface area contributed by atoms with E-state index in [-0.39, 0.29) is 6.79 Å². The summed E-state index contributed by atoms with van der Waals surface area (Å²) in [5.74, 6) is 1.54. The lowest BCUT2D eigenvalue weighted by molar-refractivity contribution is 0.123. The lowest BCUT2D eigenvalue weighted by Crippen LogP contribution is -2.35. The van der Waals surface area contributed by atoms with Crippen LogP contribution in [0.5, 0.6) is 11.5 Å². The van der Waals surface area contributed by atoms with Crippen molar-refractivity contribution in [3.05, 3.63) is 40.8 Å². The molecule has 2 aliphatic rings. The Morgan fingerprint density at radius 2 is 2.04 bits per heavy atom. The molecule has 7 nitrogen and oxygen atoms in total. The number of hydrogen-bond donors (Lipinski definition) is 2. The van der Waals surface area contributed by atoms with Gasteiger partial charge in [0.2, 0.25) is 6.79 Å². The Hall–Kier alpha value is -2.36. The molecule has 4 rings (SSSR count). The minimum atomic E-state index is 0.275. The highest BCUT2D eigenvalue weighted by molar-refractivity contribution is 7.80. The van der Waals surface area contributed by atoms with Crippen LogP contribution in [0.3, 0.4) is 0 Å². The number of thiocarbonyl (C=S) groups is 1. The molecular weight excluding hydrogens is 384 g/mol. The van der Waals surface area contributed by atoms with Crippen LogP contribution in [-0.4, -0.2) is 44.4 Å². The summed E-state index contributed by atoms with van der Waals surface area (Å²) in [6.45, 7) is 4.29. The highest BCUT2D eigenvalue weighted by Gasteiger charge is 2.13. The van der Waals surface area contributed by atoms with Gasteiger partial charge in [0.05, 0.1) is 24.4 Å². The average molecular weight is 405 g/mol. The van der Waals surface area contributed by atoms with Crippen LogP contribution >= 0.6 is 23.6 Å². The van der Waals surface area contributed by atoms with E-state index in [4.69, 9.17) is 26.4 Å². The quantitative estimate of drug-likeness (QED) is 0.450. The van der Waals surface area contributed by atoms with Gasteiger partial charge in [0, 0.05) is 24.5 Å². The van der Waals surface area contributed by atoms with Gasteiger partial charge in [-0.15, -0.1) is 11.3 Å². The van der Waals surface area contributed by atoms with E-state index in [1.165, 1.54) is 5.00 Å². The van der Waals surface area contributed by atoms with Crippen molar-refractivity contribution in [3.8, 4) is 11.5 Å². The summed E-state index contributed by atoms with van der Waals surface area (Å²) in [6.07, 6.45) is 1.78. The summed E-state index contributed by atoms with van der Waals surface area (Å²) in [5, 5.41) is 9.04. The maximum absolute atomic E-state index is 5.39. The predicted molar refractivity (Wildman–Crippen MR) is 110 cm³/mol. The van der Waals surface area contributed by atoms with Crippen molar-refractivity contribution >= 4 is 39.9 Å². The van der Waals surface area contributed by atoms with Crippen molar-refractivity contribution in [2.75, 3.05) is 38.0 Å². The molecule has 9 heteroatoms. The Morgan fingerprint density at radius 3 is 2.93 bits per heavy atom. The molecule has 27 heavy (non-hydrogen) atoms. The second-order valence-corrected chi connectivity index (χ2v) is 7.52. The fourth-order valence-electron chi connectivity index (χ4n) is 2.79. The molecule has 0 atom stereocenters. The normalized spacial score (nSPS) is 15.9. The van der Waals surface area contributed by atoms with E-state index in [9.17, 15) is 0 Å². The largest absolute Gasteiger partial charge is 0.454 e. The Morgan fingerprint density at radius 1 is 1.19 bits per heavy atom. The van der Waals surface area contributed by atoms with E-state index < -0.39 is 0 Å². The maximum Gasteiger partial charge on any atom is 0.231 e. The van der Waals surface area contributed by atoms with Crippen molar-refractivity contribution in [3.63, 3.8) is 0 Å². The van der Waals surface area contributed by atoms with Crippen LogP contribution in [0, 0.1) is 0 Å². The molecule has 0 unspecified atom stereocenters. The van der Waals surface area contributed by atoms with Crippen LogP contribution in [0.15, 0.2) is 35.4 Å². The van der Waals surface area contributed by atoms with E-state index in [0.29, 0.717) is 11.7 Å². The summed E-state index contributed by atoms with van der Waals surface area (Å²) in [6, 6.07) is 10.00. The minimum Gasteiger partial charge on any atom is -0.454 e. The second kappa shape index (κ2) is 8.55. The van der Waals surface area contributed by atoms with Gasteiger partial charge < -0.3 is 24.4 Å². The predicted octanol–water partition coefficient (Wildman–Crippen LogP) is 2.31. The number of fused-ring (bicyclic) bond motifs is 1. The standard InChI is InChI=1S/C18H20N4O3S2/c26-18(19-10-13-1-3-15-16(9-13)25-12-24-15)21-20-11-14-2-4-17(27-14)22-5-7-23-8-6-22/h1-4,9,11H,5-8,10,12H2,(H2,19,21,26)/b20-11-. The van der Waals surface area contributed by atoms with Gasteiger partial charge in [-0.2, -0.15) is 5.10 Å². The first-order valence-corrected chi connectivity index (χ1v) is 9.88. The zero-order chi connectivity index (χ0) is 18.5. The molecule has 1 fully saturated rings. The molecule has 3 heterocycles. The monoisotopic (exact) mass is 404 g/mol. The number of thiophene rings is 1. The van der Waals surface area contributed by atoms with Crippen LogP contribution in [0.1, 0.15) is 10.4 Å². The van der Waals surface area contributed by atoms with Crippen molar-refractivity contribution in [1.82, 2.24) is 10.7 Å². The first kappa shape index (κ1) is 18.0. The molecule has 0 saturated carbocycles. The van der Waals surface area contributed by atoms with Gasteiger partial charge in [-0.05, 0) is 42.0 Å². The fourth-order valence-corrected chi connectivity index (χ4v) is 3.85. The van der Waals surface area contributed by atoms with Crippen molar-refractivity contribution in [2.45, 2.75) is 6.54 Å². The first-order chi connectivity index (χ1) is 13.3. The fraction of sp³-hybridized carbons (Fsp3) is 0.333. The second-order valence-electron chi connectivity index (χ2n) is 6.02. The lowest BCUT2D eigenvalue weighted by atomic mass is 10.2. The number of rotatable bonds is 5. The molecule has 2 N–H and O–H groups in total. The van der Waals surface area contributed by atoms with Crippen LogP contribution in [-0.2, 0) is 11.3 Å². The maximum atomic E-state index is 5.39. The molecule has 1 saturated heterocycles. The van der Waals surface area contributed by atoms with Crippen molar-refractivity contribution < 1.29 is 14.2 Å². The van der Waals surface area contributed by atoms with Crippen LogP contribution in [0.4, 0.5) is 5.00 Å². The Labute approximate surface area is 166 Å². The number of nitrogens with one attached hydrogen (secondary N) is 2. The van der Waals surface area contributed by atoms with E-state index in [0.717, 1.165) is 48.2 Å². The van der Waals surface area contributed by atoms with E-state index in [2.05, 4.69) is 32.9 Å². The number of morpholine rings is 1. The Balaban J connectivity index is 1.23. The van der Waals surface area contributed by atoms with Gasteiger partial charge >= 0.3 is 0 Å². The van der Waals surface area contributed by atoms with Crippen LogP contribution in [0.25, 0.3) is 0 Å². The highest BCUT2D eigenvalue weighted by atomic mass is 32.1. The third-order valence-electron chi connectivity index (χ3n) is 4.18. The molecule has 0 amide bonds. The number of nitrogens with zero attached hydrogens (tertiary/aromatic N) is 2. The molecule has 142 valence electrons. The van der Waals surface area contributed by atoms with Crippen molar-refractivity contribution in [2.24, 2.45) is 5.10 Å². The van der Waals surface area contributed by atoms with Gasteiger partial charge in [-0.25, -0.2) is 0 Å². The molecule has 2 aromatic rings. The number of ether oxygens (including phenoxy) is 3. The number of anilines is 1. The summed E-state index contributed by atoms with van der Waals surface area (Å²) in [4.78, 5) is 3.40. The minimum absolute atomic E-state index is 0.275. The molecule has 1 aromatic carbocycles. The van der Waals surface area contributed by atoms with Gasteiger partial charge in [-0.1, -0.05) is 6.07 Å². The third kappa shape index (κ3) is 4.68. The summed E-state index contributed by atoms with van der Waals surface area (Å²) < 4.78 is 16.1. The molecule has 0 radical (unpaired) electrons. The SMILES string of the molecule is S=C(NCc1ccc2c(c1)OCO2)N/N=C\c1ccc(N2CCOCC2)s1. The van der Waals surface area contributed by atoms with E-state index >= 15 is 0 Å². The van der Waals surface area contributed by atoms with Gasteiger partial charge in [0.25, 0.3) is 0 Å². The highest BCUT2D eigenvalue weighted by Crippen LogP contribution is 2.32. The molecule has 2 aliphatic heterocycles. The molecule has 0 bridgehead atoms. The molecule has 0 aliphatic carbocycles. The zero-order valence-electron chi connectivity index (χ0n) is 14.6. The Kier molecular flexibility index (Phi) is 5.71. The van der Waals surface area contributed by atoms with Crippen LogP contribution in [0.2, 0.25) is 0 Å². The summed E-state index contributed by atoms with van der Waals surface area (Å²) in [5.41, 5.74) is 3.91. The zero-order valence-corrected chi connectivity index (χ0v) is 16.3. The number of benzene rings is 1. The van der Waals surface area contributed by atoms with E-state index in [1.807, 2.05) is 18.2 Å². The van der Waals surface area contributed by atoms with Gasteiger partial charge in [0.1, 0.15) is 0 Å². The summed E-state index contributed by atoms with van der Waals surface area (Å²) in [7, 11) is 0. The smallest absolute Gasteiger partial charge is 0.231 e. The Bertz CT molecular complexity index is 834. The summed E-state index contributed by atoms with van der Waals surface area (Å²) >= 11 is 6.97. The van der Waals surface area contributed by atoms with Gasteiger partial charge in [-0.3, -0.25) is 5.43 Å². The van der Waals surface area contributed by atoms with Gasteiger partial charge in [0.15, 0.2) is 16.6 Å². The first-order valence-electron chi connectivity index (χ1n) is 8.66. The lowest BCUT2D eigenvalue weighted by Gasteiger charge is -2.27.